The van der Waals surface area contributed by atoms with Crippen LogP contribution in [-0.2, 0) is 4.74 Å². The van der Waals surface area contributed by atoms with E-state index < -0.39 is 0 Å². The second-order valence-corrected chi connectivity index (χ2v) is 5.34. The van der Waals surface area contributed by atoms with E-state index in [1.165, 1.54) is 6.20 Å². The first-order valence-electron chi connectivity index (χ1n) is 6.73. The predicted molar refractivity (Wildman–Crippen MR) is 77.0 cm³/mol. The van der Waals surface area contributed by atoms with Gasteiger partial charge in [-0.25, -0.2) is 0 Å². The van der Waals surface area contributed by atoms with Crippen molar-refractivity contribution in [1.29, 1.82) is 0 Å². The molecule has 21 heavy (non-hydrogen) atoms. The van der Waals surface area contributed by atoms with Gasteiger partial charge in [-0.3, -0.25) is 14.9 Å². The molecular formula is C14H15ClN4O2. The van der Waals surface area contributed by atoms with Gasteiger partial charge in [0.05, 0.1) is 22.9 Å². The van der Waals surface area contributed by atoms with Crippen molar-refractivity contribution in [3.05, 3.63) is 47.0 Å². The summed E-state index contributed by atoms with van der Waals surface area (Å²) in [5.74, 6) is 0.0346. The Balaban J connectivity index is 1.62. The minimum Gasteiger partial charge on any atom is -0.373 e. The molecule has 1 aliphatic rings. The topological polar surface area (TPSA) is 79.9 Å². The Hall–Kier alpha value is -1.92. The lowest BCUT2D eigenvalue weighted by molar-refractivity contribution is 0.0846. The molecule has 1 aliphatic heterocycles. The number of pyridine rings is 1. The first kappa shape index (κ1) is 14.0. The van der Waals surface area contributed by atoms with E-state index in [-0.39, 0.29) is 17.9 Å². The van der Waals surface area contributed by atoms with Crippen molar-refractivity contribution in [1.82, 2.24) is 20.5 Å². The number of carbonyl (C=O) groups excluding carboxylic acids is 1. The van der Waals surface area contributed by atoms with Crippen LogP contribution in [0.4, 0.5) is 0 Å². The molecule has 0 bridgehead atoms. The first-order valence-corrected chi connectivity index (χ1v) is 7.11. The average molecular weight is 307 g/mol. The smallest absolute Gasteiger partial charge is 0.252 e. The van der Waals surface area contributed by atoms with Crippen molar-refractivity contribution in [3.63, 3.8) is 0 Å². The molecule has 0 saturated carbocycles. The van der Waals surface area contributed by atoms with E-state index in [9.17, 15) is 4.79 Å². The molecule has 7 heteroatoms. The number of halogens is 1. The highest BCUT2D eigenvalue weighted by Gasteiger charge is 2.30. The third-order valence-electron chi connectivity index (χ3n) is 3.60. The normalized spacial score (nSPS) is 21.4. The van der Waals surface area contributed by atoms with E-state index in [0.717, 1.165) is 12.0 Å². The van der Waals surface area contributed by atoms with Crippen molar-refractivity contribution < 1.29 is 9.53 Å². The number of hydrogen-bond donors (Lipinski definition) is 2. The summed E-state index contributed by atoms with van der Waals surface area (Å²) >= 11 is 5.96. The highest BCUT2D eigenvalue weighted by atomic mass is 35.5. The molecule has 1 saturated heterocycles. The number of aromatic amines is 1. The second kappa shape index (κ2) is 6.24. The largest absolute Gasteiger partial charge is 0.373 e. The van der Waals surface area contributed by atoms with Gasteiger partial charge >= 0.3 is 0 Å². The zero-order valence-corrected chi connectivity index (χ0v) is 12.0. The minimum absolute atomic E-state index is 0.0306. The maximum Gasteiger partial charge on any atom is 0.252 e. The summed E-state index contributed by atoms with van der Waals surface area (Å²) in [6.45, 7) is 1.22. The van der Waals surface area contributed by atoms with Gasteiger partial charge in [-0.1, -0.05) is 11.6 Å². The van der Waals surface area contributed by atoms with Crippen LogP contribution in [0.3, 0.4) is 0 Å². The Labute approximate surface area is 126 Å². The fourth-order valence-electron chi connectivity index (χ4n) is 2.51. The Morgan fingerprint density at radius 3 is 3.19 bits per heavy atom. The molecule has 2 aromatic rings. The summed E-state index contributed by atoms with van der Waals surface area (Å²) in [7, 11) is 0. The highest BCUT2D eigenvalue weighted by molar-refractivity contribution is 6.33. The average Bonchev–Trinajstić information content (AvgIpc) is 3.16. The SMILES string of the molecule is O=C(NC[C@H]1CCO[C@@H]1c1cn[nH]c1)c1ccncc1Cl. The van der Waals surface area contributed by atoms with Crippen LogP contribution < -0.4 is 5.32 Å². The lowest BCUT2D eigenvalue weighted by atomic mass is 9.97. The molecule has 3 heterocycles. The summed E-state index contributed by atoms with van der Waals surface area (Å²) in [4.78, 5) is 16.0. The van der Waals surface area contributed by atoms with E-state index in [1.54, 1.807) is 18.5 Å². The third-order valence-corrected chi connectivity index (χ3v) is 3.91. The van der Waals surface area contributed by atoms with E-state index in [2.05, 4.69) is 20.5 Å². The molecule has 2 aromatic heterocycles. The quantitative estimate of drug-likeness (QED) is 0.905. The molecular weight excluding hydrogens is 292 g/mol. The Kier molecular flexibility index (Phi) is 4.17. The standard InChI is InChI=1S/C14H15ClN4O2/c15-12-8-16-3-1-11(12)14(20)17-5-9-2-4-21-13(9)10-6-18-19-7-10/h1,3,6-9,13H,2,4-5H2,(H,17,20)(H,18,19)/t9-,13+/m1/s1. The van der Waals surface area contributed by atoms with Gasteiger partial charge in [0.25, 0.3) is 5.91 Å². The number of hydrogen-bond acceptors (Lipinski definition) is 4. The van der Waals surface area contributed by atoms with Gasteiger partial charge in [-0.15, -0.1) is 0 Å². The van der Waals surface area contributed by atoms with Crippen molar-refractivity contribution in [2.75, 3.05) is 13.2 Å². The number of nitrogens with zero attached hydrogens (tertiary/aromatic N) is 2. The zero-order chi connectivity index (χ0) is 14.7. The van der Waals surface area contributed by atoms with Gasteiger partial charge in [0, 0.05) is 43.2 Å². The van der Waals surface area contributed by atoms with E-state index in [0.29, 0.717) is 23.7 Å². The van der Waals surface area contributed by atoms with Crippen LogP contribution in [0.5, 0.6) is 0 Å². The van der Waals surface area contributed by atoms with Crippen LogP contribution in [0, 0.1) is 5.92 Å². The summed E-state index contributed by atoms with van der Waals surface area (Å²) in [6.07, 6.45) is 7.46. The molecule has 2 N–H and O–H groups in total. The Morgan fingerprint density at radius 2 is 2.43 bits per heavy atom. The van der Waals surface area contributed by atoms with Gasteiger partial charge in [0.1, 0.15) is 0 Å². The van der Waals surface area contributed by atoms with Crippen molar-refractivity contribution >= 4 is 17.5 Å². The van der Waals surface area contributed by atoms with Gasteiger partial charge in [-0.05, 0) is 12.5 Å². The van der Waals surface area contributed by atoms with Crippen LogP contribution in [0.1, 0.15) is 28.4 Å². The second-order valence-electron chi connectivity index (χ2n) is 4.94. The third kappa shape index (κ3) is 3.06. The Morgan fingerprint density at radius 1 is 1.52 bits per heavy atom. The number of H-pyrrole nitrogens is 1. The van der Waals surface area contributed by atoms with Gasteiger partial charge in [0.2, 0.25) is 0 Å². The summed E-state index contributed by atoms with van der Waals surface area (Å²) in [5.41, 5.74) is 1.44. The fourth-order valence-corrected chi connectivity index (χ4v) is 2.71. The first-order chi connectivity index (χ1) is 10.3. The Bertz CT molecular complexity index is 617. The van der Waals surface area contributed by atoms with Crippen LogP contribution >= 0.6 is 11.6 Å². The monoisotopic (exact) mass is 306 g/mol. The maximum absolute atomic E-state index is 12.1. The highest BCUT2D eigenvalue weighted by Crippen LogP contribution is 2.33. The lowest BCUT2D eigenvalue weighted by Crippen LogP contribution is -2.30. The molecule has 6 nitrogen and oxygen atoms in total. The van der Waals surface area contributed by atoms with Crippen molar-refractivity contribution in [3.8, 4) is 0 Å². The number of amides is 1. The number of nitrogens with one attached hydrogen (secondary N) is 2. The van der Waals surface area contributed by atoms with Crippen LogP contribution in [0.25, 0.3) is 0 Å². The molecule has 0 aromatic carbocycles. The lowest BCUT2D eigenvalue weighted by Gasteiger charge is -2.17. The number of rotatable bonds is 4. The van der Waals surface area contributed by atoms with Crippen LogP contribution in [0.2, 0.25) is 5.02 Å². The summed E-state index contributed by atoms with van der Waals surface area (Å²) < 4.78 is 5.72. The van der Waals surface area contributed by atoms with E-state index >= 15 is 0 Å². The molecule has 2 atom stereocenters. The molecule has 110 valence electrons. The summed E-state index contributed by atoms with van der Waals surface area (Å²) in [5, 5.41) is 9.99. The predicted octanol–water partition coefficient (Wildman–Crippen LogP) is 1.97. The number of carbonyl (C=O) groups is 1. The number of ether oxygens (including phenoxy) is 1. The molecule has 0 aliphatic carbocycles. The molecule has 0 radical (unpaired) electrons. The molecule has 0 unspecified atom stereocenters. The molecule has 0 spiro atoms. The zero-order valence-electron chi connectivity index (χ0n) is 11.3. The van der Waals surface area contributed by atoms with E-state index in [4.69, 9.17) is 16.3 Å². The summed E-state index contributed by atoms with van der Waals surface area (Å²) in [6, 6.07) is 1.61. The fraction of sp³-hybridized carbons (Fsp3) is 0.357. The van der Waals surface area contributed by atoms with Gasteiger partial charge in [0.15, 0.2) is 0 Å². The van der Waals surface area contributed by atoms with E-state index in [1.807, 2.05) is 6.20 Å². The van der Waals surface area contributed by atoms with Gasteiger partial charge in [-0.2, -0.15) is 5.10 Å². The number of aromatic nitrogens is 3. The molecule has 3 rings (SSSR count). The van der Waals surface area contributed by atoms with Crippen molar-refractivity contribution in [2.45, 2.75) is 12.5 Å². The van der Waals surface area contributed by atoms with Crippen LogP contribution in [0.15, 0.2) is 30.9 Å². The maximum atomic E-state index is 12.1. The van der Waals surface area contributed by atoms with Crippen LogP contribution in [-0.4, -0.2) is 34.2 Å². The molecule has 1 amide bonds. The molecule has 1 fully saturated rings. The van der Waals surface area contributed by atoms with Gasteiger partial charge < -0.3 is 10.1 Å². The minimum atomic E-state index is -0.194. The van der Waals surface area contributed by atoms with Crippen molar-refractivity contribution in [2.24, 2.45) is 5.92 Å².